The number of aryl methyl sites for hydroxylation is 1. The number of carbonyl (C=O) groups excluding carboxylic acids is 2. The van der Waals surface area contributed by atoms with Gasteiger partial charge in [-0.2, -0.15) is 0 Å². The second-order valence-corrected chi connectivity index (χ2v) is 12.6. The normalized spacial score (nSPS) is 11.8. The maximum Gasteiger partial charge on any atom is 0.264 e. The molecule has 4 aromatic carbocycles. The first-order valence-corrected chi connectivity index (χ1v) is 16.0. The lowest BCUT2D eigenvalue weighted by Crippen LogP contribution is -2.53. The SMILES string of the molecule is CNC(=O)[C@@H](Cc1ccccc1)N(Cc1cccc(OC)c1)C(=O)CN(c1cc(Cl)ccc1OC)S(=O)(=O)c1ccc(C)cc1. The third kappa shape index (κ3) is 8.14. The van der Waals surface area contributed by atoms with E-state index in [0.717, 1.165) is 15.4 Å². The molecule has 0 fully saturated rings. The van der Waals surface area contributed by atoms with Crippen molar-refractivity contribution >= 4 is 39.1 Å². The molecule has 0 bridgehead atoms. The Hall–Kier alpha value is -4.54. The minimum Gasteiger partial charge on any atom is -0.497 e. The number of rotatable bonds is 13. The van der Waals surface area contributed by atoms with Gasteiger partial charge in [-0.15, -0.1) is 0 Å². The predicted molar refractivity (Wildman–Crippen MR) is 175 cm³/mol. The fraction of sp³-hybridized carbons (Fsp3) is 0.235. The van der Waals surface area contributed by atoms with Gasteiger partial charge in [-0.25, -0.2) is 8.42 Å². The van der Waals surface area contributed by atoms with E-state index in [-0.39, 0.29) is 34.3 Å². The lowest BCUT2D eigenvalue weighted by Gasteiger charge is -2.34. The van der Waals surface area contributed by atoms with Gasteiger partial charge in [0, 0.05) is 25.0 Å². The molecule has 9 nitrogen and oxygen atoms in total. The van der Waals surface area contributed by atoms with Gasteiger partial charge in [0.1, 0.15) is 24.1 Å². The Bertz CT molecular complexity index is 1730. The quantitative estimate of drug-likeness (QED) is 0.212. The van der Waals surface area contributed by atoms with E-state index in [9.17, 15) is 18.0 Å². The Morgan fingerprint density at radius 2 is 1.56 bits per heavy atom. The summed E-state index contributed by atoms with van der Waals surface area (Å²) in [7, 11) is 0.127. The number of hydrogen-bond acceptors (Lipinski definition) is 6. The van der Waals surface area contributed by atoms with Crippen molar-refractivity contribution in [1.29, 1.82) is 0 Å². The molecule has 1 atom stereocenters. The monoisotopic (exact) mass is 649 g/mol. The molecule has 0 aliphatic heterocycles. The van der Waals surface area contributed by atoms with E-state index in [1.807, 2.05) is 43.3 Å². The Morgan fingerprint density at radius 3 is 2.20 bits per heavy atom. The van der Waals surface area contributed by atoms with Gasteiger partial charge in [-0.1, -0.05) is 71.8 Å². The molecule has 45 heavy (non-hydrogen) atoms. The van der Waals surface area contributed by atoms with E-state index in [4.69, 9.17) is 21.1 Å². The van der Waals surface area contributed by atoms with Crippen molar-refractivity contribution in [2.24, 2.45) is 0 Å². The van der Waals surface area contributed by atoms with Crippen molar-refractivity contribution in [2.75, 3.05) is 32.1 Å². The topological polar surface area (TPSA) is 105 Å². The number of sulfonamides is 1. The number of hydrogen-bond donors (Lipinski definition) is 1. The molecule has 0 aliphatic rings. The van der Waals surface area contributed by atoms with E-state index in [2.05, 4.69) is 5.32 Å². The molecule has 4 rings (SSSR count). The number of halogens is 1. The fourth-order valence-corrected chi connectivity index (χ4v) is 6.48. The summed E-state index contributed by atoms with van der Waals surface area (Å²) in [6.07, 6.45) is 0.196. The fourth-order valence-electron chi connectivity index (χ4n) is 4.90. The first kappa shape index (κ1) is 33.4. The zero-order valence-electron chi connectivity index (χ0n) is 25.6. The first-order valence-electron chi connectivity index (χ1n) is 14.2. The van der Waals surface area contributed by atoms with Gasteiger partial charge in [0.2, 0.25) is 11.8 Å². The van der Waals surface area contributed by atoms with E-state index < -0.39 is 34.4 Å². The van der Waals surface area contributed by atoms with Crippen LogP contribution in [0.2, 0.25) is 5.02 Å². The molecule has 0 aliphatic carbocycles. The Morgan fingerprint density at radius 1 is 0.867 bits per heavy atom. The molecule has 0 radical (unpaired) electrons. The van der Waals surface area contributed by atoms with E-state index in [1.165, 1.54) is 50.4 Å². The summed E-state index contributed by atoms with van der Waals surface area (Å²) in [6, 6.07) is 26.3. The minimum atomic E-state index is -4.32. The molecular weight excluding hydrogens is 614 g/mol. The van der Waals surface area contributed by atoms with Gasteiger partial charge in [-0.05, 0) is 60.5 Å². The standard InChI is InChI=1S/C34H36ClN3O6S/c1-24-13-16-29(17-14-24)45(41,42)38(30-21-27(35)15-18-32(30)44-4)23-33(39)37(22-26-11-8-12-28(19-26)43-3)31(34(40)36-2)20-25-9-6-5-7-10-25/h5-19,21,31H,20,22-23H2,1-4H3,(H,36,40)/t31-/m1/s1. The summed E-state index contributed by atoms with van der Waals surface area (Å²) in [5, 5.41) is 2.93. The van der Waals surface area contributed by atoms with Crippen molar-refractivity contribution in [3.8, 4) is 11.5 Å². The smallest absolute Gasteiger partial charge is 0.264 e. The van der Waals surface area contributed by atoms with Crippen LogP contribution in [0.25, 0.3) is 0 Å². The summed E-state index contributed by atoms with van der Waals surface area (Å²) in [4.78, 5) is 29.3. The van der Waals surface area contributed by atoms with Crippen LogP contribution in [0, 0.1) is 6.92 Å². The number of carbonyl (C=O) groups is 2. The highest BCUT2D eigenvalue weighted by atomic mass is 35.5. The van der Waals surface area contributed by atoms with Gasteiger partial charge >= 0.3 is 0 Å². The molecule has 0 spiro atoms. The number of amides is 2. The number of benzene rings is 4. The molecular formula is C34H36ClN3O6S. The van der Waals surface area contributed by atoms with Gasteiger partial charge in [0.25, 0.3) is 10.0 Å². The van der Waals surface area contributed by atoms with E-state index in [0.29, 0.717) is 11.3 Å². The molecule has 0 saturated carbocycles. The Balaban J connectivity index is 1.84. The molecule has 11 heteroatoms. The van der Waals surface area contributed by atoms with Crippen molar-refractivity contribution in [1.82, 2.24) is 10.2 Å². The number of anilines is 1. The minimum absolute atomic E-state index is 0.00601. The molecule has 2 amide bonds. The number of nitrogens with zero attached hydrogens (tertiary/aromatic N) is 2. The van der Waals surface area contributed by atoms with Crippen molar-refractivity contribution in [3.63, 3.8) is 0 Å². The van der Waals surface area contributed by atoms with Crippen molar-refractivity contribution in [2.45, 2.75) is 30.8 Å². The summed E-state index contributed by atoms with van der Waals surface area (Å²) in [5.41, 5.74) is 2.48. The molecule has 0 saturated heterocycles. The van der Waals surface area contributed by atoms with Crippen LogP contribution in [-0.2, 0) is 32.6 Å². The molecule has 0 heterocycles. The van der Waals surface area contributed by atoms with Gasteiger partial charge in [-0.3, -0.25) is 13.9 Å². The second-order valence-electron chi connectivity index (χ2n) is 10.3. The van der Waals surface area contributed by atoms with E-state index in [1.54, 1.807) is 36.4 Å². The van der Waals surface area contributed by atoms with Crippen LogP contribution in [0.4, 0.5) is 5.69 Å². The van der Waals surface area contributed by atoms with Gasteiger partial charge in [0.05, 0.1) is 24.8 Å². The summed E-state index contributed by atoms with van der Waals surface area (Å²) >= 11 is 6.33. The highest BCUT2D eigenvalue weighted by molar-refractivity contribution is 7.92. The number of ether oxygens (including phenoxy) is 2. The predicted octanol–water partition coefficient (Wildman–Crippen LogP) is 5.25. The zero-order valence-corrected chi connectivity index (χ0v) is 27.1. The van der Waals surface area contributed by atoms with Crippen LogP contribution in [0.3, 0.4) is 0 Å². The van der Waals surface area contributed by atoms with Crippen molar-refractivity contribution < 1.29 is 27.5 Å². The number of methoxy groups -OCH3 is 2. The largest absolute Gasteiger partial charge is 0.497 e. The molecule has 0 aromatic heterocycles. The second kappa shape index (κ2) is 15.0. The van der Waals surface area contributed by atoms with Crippen LogP contribution in [0.5, 0.6) is 11.5 Å². The third-order valence-corrected chi connectivity index (χ3v) is 9.31. The van der Waals surface area contributed by atoms with Crippen LogP contribution in [0.15, 0.2) is 102 Å². The maximum atomic E-state index is 14.5. The molecule has 236 valence electrons. The van der Waals surface area contributed by atoms with Crippen LogP contribution in [-0.4, -0.2) is 59.0 Å². The van der Waals surface area contributed by atoms with Crippen LogP contribution < -0.4 is 19.1 Å². The average Bonchev–Trinajstić information content (AvgIpc) is 3.05. The first-order chi connectivity index (χ1) is 21.6. The molecule has 1 N–H and O–H groups in total. The number of nitrogens with one attached hydrogen (secondary N) is 1. The Kier molecular flexibility index (Phi) is 11.1. The van der Waals surface area contributed by atoms with Crippen LogP contribution in [0.1, 0.15) is 16.7 Å². The van der Waals surface area contributed by atoms with Crippen LogP contribution >= 0.6 is 11.6 Å². The lowest BCUT2D eigenvalue weighted by molar-refractivity contribution is -0.139. The zero-order chi connectivity index (χ0) is 32.6. The van der Waals surface area contributed by atoms with Crippen molar-refractivity contribution in [3.05, 3.63) is 119 Å². The summed E-state index contributed by atoms with van der Waals surface area (Å²) in [5.74, 6) is -0.232. The molecule has 0 unspecified atom stereocenters. The van der Waals surface area contributed by atoms with Gasteiger partial charge < -0.3 is 19.7 Å². The van der Waals surface area contributed by atoms with E-state index >= 15 is 0 Å². The third-order valence-electron chi connectivity index (χ3n) is 7.30. The lowest BCUT2D eigenvalue weighted by atomic mass is 10.0. The van der Waals surface area contributed by atoms with Gasteiger partial charge in [0.15, 0.2) is 0 Å². The highest BCUT2D eigenvalue weighted by Gasteiger charge is 2.35. The average molecular weight is 650 g/mol. The highest BCUT2D eigenvalue weighted by Crippen LogP contribution is 2.35. The summed E-state index contributed by atoms with van der Waals surface area (Å²) in [6.45, 7) is 1.21. The molecule has 4 aromatic rings. The Labute approximate surface area is 269 Å². The summed E-state index contributed by atoms with van der Waals surface area (Å²) < 4.78 is 40.3. The number of likely N-dealkylation sites (N-methyl/N-ethyl adjacent to an activating group) is 1. The maximum absolute atomic E-state index is 14.5.